The number of methoxy groups -OCH3 is 2. The Morgan fingerprint density at radius 3 is 2.28 bits per heavy atom. The summed E-state index contributed by atoms with van der Waals surface area (Å²) in [7, 11) is -0.583. The number of para-hydroxylation sites is 1. The van der Waals surface area contributed by atoms with E-state index in [1.54, 1.807) is 38.5 Å². The van der Waals surface area contributed by atoms with Crippen molar-refractivity contribution in [3.63, 3.8) is 0 Å². The molecule has 9 nitrogen and oxygen atoms in total. The fourth-order valence-electron chi connectivity index (χ4n) is 4.20. The summed E-state index contributed by atoms with van der Waals surface area (Å²) in [6, 6.07) is 11.9. The number of rotatable bonds is 16. The Hall–Kier alpha value is -2.95. The number of aliphatic hydroxyl groups excluding tert-OH is 1. The number of sulfonamides is 1. The topological polar surface area (TPSA) is 122 Å². The molecule has 0 unspecified atom stereocenters. The van der Waals surface area contributed by atoms with Gasteiger partial charge in [0.15, 0.2) is 11.5 Å². The largest absolute Gasteiger partial charge is 0.493 e. The normalized spacial score (nSPS) is 12.0. The van der Waals surface area contributed by atoms with E-state index in [0.29, 0.717) is 56.7 Å². The molecule has 0 bridgehead atoms. The molecule has 0 spiro atoms. The molecule has 1 atom stereocenters. The van der Waals surface area contributed by atoms with Crippen molar-refractivity contribution in [3.05, 3.63) is 53.6 Å². The monoisotopic (exact) mass is 564 g/mol. The third kappa shape index (κ3) is 10.6. The lowest BCUT2D eigenvalue weighted by atomic mass is 10.1. The van der Waals surface area contributed by atoms with Gasteiger partial charge in [0, 0.05) is 25.6 Å². The van der Waals surface area contributed by atoms with E-state index in [4.69, 9.17) is 14.3 Å². The number of aliphatic hydroxyl groups is 1. The molecular weight excluding hydrogens is 520 g/mol. The summed E-state index contributed by atoms with van der Waals surface area (Å²) in [6.45, 7) is 8.39. The van der Waals surface area contributed by atoms with E-state index in [9.17, 15) is 18.3 Å². The highest BCUT2D eigenvalue weighted by molar-refractivity contribution is 7.89. The maximum atomic E-state index is 13.4. The van der Waals surface area contributed by atoms with Gasteiger partial charge in [-0.05, 0) is 55.9 Å². The van der Waals surface area contributed by atoms with Gasteiger partial charge < -0.3 is 24.7 Å². The highest BCUT2D eigenvalue weighted by Crippen LogP contribution is 2.31. The number of carbonyl (C=O) groups excluding carboxylic acids is 2. The Morgan fingerprint density at radius 1 is 1.05 bits per heavy atom. The van der Waals surface area contributed by atoms with Crippen LogP contribution in [0.2, 0.25) is 0 Å². The Kier molecular flexibility index (Phi) is 15.4. The molecule has 0 aliphatic carbocycles. The number of amides is 1. The fraction of sp³-hybridized carbons (Fsp3) is 0.517. The van der Waals surface area contributed by atoms with Crippen LogP contribution in [0.5, 0.6) is 11.5 Å². The van der Waals surface area contributed by atoms with E-state index in [0.717, 1.165) is 11.1 Å². The molecular formula is C29H44N2O7S. The molecule has 0 saturated heterocycles. The van der Waals surface area contributed by atoms with Gasteiger partial charge in [-0.25, -0.2) is 8.42 Å². The molecule has 2 rings (SSSR count). The molecule has 0 saturated carbocycles. The highest BCUT2D eigenvalue weighted by atomic mass is 32.2. The third-order valence-corrected chi connectivity index (χ3v) is 8.12. The molecule has 0 fully saturated rings. The summed E-state index contributed by atoms with van der Waals surface area (Å²) in [5, 5.41) is 13.0. The van der Waals surface area contributed by atoms with E-state index in [2.05, 4.69) is 5.32 Å². The minimum Gasteiger partial charge on any atom is -0.493 e. The van der Waals surface area contributed by atoms with Crippen molar-refractivity contribution < 1.29 is 32.6 Å². The number of carbonyl (C=O) groups is 2. The summed E-state index contributed by atoms with van der Waals surface area (Å²) >= 11 is 0. The lowest BCUT2D eigenvalue weighted by Crippen LogP contribution is -2.44. The second-order valence-corrected chi connectivity index (χ2v) is 11.5. The standard InChI is InChI=1S/C28H42N2O6S.CH2O/c1-21(2)19-30(37(33,34)25-15-12-22(3)13-16-25)24(20-31)10-6-7-18-29-27(32)17-14-23-9-8-11-26(35-4)28(23)36-5;1-2/h8-9,11-13,15-16,21,24,31H,6-7,10,14,17-20H2,1-5H3,(H,29,32);1H2/t24-;/m0./s1. The summed E-state index contributed by atoms with van der Waals surface area (Å²) in [6.07, 6.45) is 2.71. The molecule has 2 N–H and O–H groups in total. The fourth-order valence-corrected chi connectivity index (χ4v) is 6.01. The number of nitrogens with one attached hydrogen (secondary N) is 1. The van der Waals surface area contributed by atoms with Crippen LogP contribution in [0.15, 0.2) is 47.4 Å². The number of unbranched alkanes of at least 4 members (excludes halogenated alkanes) is 1. The van der Waals surface area contributed by atoms with Gasteiger partial charge in [0.1, 0.15) is 6.79 Å². The van der Waals surface area contributed by atoms with Crippen molar-refractivity contribution in [2.24, 2.45) is 5.92 Å². The first-order valence-electron chi connectivity index (χ1n) is 13.1. The van der Waals surface area contributed by atoms with Crippen LogP contribution < -0.4 is 14.8 Å². The number of hydrogen-bond donors (Lipinski definition) is 2. The van der Waals surface area contributed by atoms with Crippen molar-refractivity contribution in [2.45, 2.75) is 63.8 Å². The van der Waals surface area contributed by atoms with Crippen LogP contribution >= 0.6 is 0 Å². The second kappa shape index (κ2) is 17.6. The third-order valence-electron chi connectivity index (χ3n) is 6.18. The second-order valence-electron chi connectivity index (χ2n) is 9.62. The van der Waals surface area contributed by atoms with Crippen LogP contribution in [0.3, 0.4) is 0 Å². The summed E-state index contributed by atoms with van der Waals surface area (Å²) in [4.78, 5) is 20.6. The summed E-state index contributed by atoms with van der Waals surface area (Å²) in [5.41, 5.74) is 1.89. The van der Waals surface area contributed by atoms with E-state index in [-0.39, 0.29) is 23.3 Å². The van der Waals surface area contributed by atoms with E-state index in [1.165, 1.54) is 4.31 Å². The zero-order valence-corrected chi connectivity index (χ0v) is 24.6. The first-order chi connectivity index (χ1) is 18.6. The predicted octanol–water partition coefficient (Wildman–Crippen LogP) is 3.75. The number of hydrogen-bond acceptors (Lipinski definition) is 7. The van der Waals surface area contributed by atoms with Crippen molar-refractivity contribution in [1.82, 2.24) is 9.62 Å². The molecule has 2 aromatic carbocycles. The van der Waals surface area contributed by atoms with E-state index >= 15 is 0 Å². The van der Waals surface area contributed by atoms with Crippen molar-refractivity contribution in [3.8, 4) is 11.5 Å². The van der Waals surface area contributed by atoms with E-state index in [1.807, 2.05) is 45.8 Å². The maximum absolute atomic E-state index is 13.4. The summed E-state index contributed by atoms with van der Waals surface area (Å²) < 4.78 is 38.9. The Bertz CT molecular complexity index is 1110. The van der Waals surface area contributed by atoms with Gasteiger partial charge in [0.05, 0.1) is 25.7 Å². The number of aryl methyl sites for hydroxylation is 2. The molecule has 1 amide bonds. The van der Waals surface area contributed by atoms with Crippen LogP contribution in [-0.2, 0) is 26.0 Å². The average Bonchev–Trinajstić information content (AvgIpc) is 2.93. The van der Waals surface area contributed by atoms with E-state index < -0.39 is 16.1 Å². The van der Waals surface area contributed by atoms with Crippen LogP contribution in [0, 0.1) is 12.8 Å². The number of ether oxygens (including phenoxy) is 2. The zero-order chi connectivity index (χ0) is 29.4. The molecule has 0 aliphatic rings. The lowest BCUT2D eigenvalue weighted by molar-refractivity contribution is -0.121. The minimum absolute atomic E-state index is 0.0630. The van der Waals surface area contributed by atoms with Gasteiger partial charge >= 0.3 is 0 Å². The number of benzene rings is 2. The van der Waals surface area contributed by atoms with Crippen LogP contribution in [0.25, 0.3) is 0 Å². The van der Waals surface area contributed by atoms with Crippen LogP contribution in [0.1, 0.15) is 50.7 Å². The molecule has 39 heavy (non-hydrogen) atoms. The molecule has 0 aromatic heterocycles. The van der Waals surface area contributed by atoms with Gasteiger partial charge in [0.2, 0.25) is 15.9 Å². The quantitative estimate of drug-likeness (QED) is 0.298. The van der Waals surface area contributed by atoms with Crippen LogP contribution in [-0.4, -0.2) is 70.5 Å². The molecule has 2 aromatic rings. The summed E-state index contributed by atoms with van der Waals surface area (Å²) in [5.74, 6) is 1.32. The first-order valence-corrected chi connectivity index (χ1v) is 14.5. The molecule has 218 valence electrons. The molecule has 0 aliphatic heterocycles. The Morgan fingerprint density at radius 2 is 1.72 bits per heavy atom. The molecule has 0 radical (unpaired) electrons. The van der Waals surface area contributed by atoms with Gasteiger partial charge in [-0.2, -0.15) is 4.31 Å². The van der Waals surface area contributed by atoms with Gasteiger partial charge in [-0.1, -0.05) is 50.1 Å². The van der Waals surface area contributed by atoms with Gasteiger partial charge in [-0.3, -0.25) is 4.79 Å². The van der Waals surface area contributed by atoms with Crippen molar-refractivity contribution in [2.75, 3.05) is 33.9 Å². The zero-order valence-electron chi connectivity index (χ0n) is 23.8. The van der Waals surface area contributed by atoms with Gasteiger partial charge in [0.25, 0.3) is 0 Å². The SMILES string of the molecule is C=O.COc1cccc(CCC(=O)NCCCC[C@@H](CO)N(CC(C)C)S(=O)(=O)c2ccc(C)cc2)c1OC. The number of nitrogens with zero attached hydrogens (tertiary/aromatic N) is 1. The Labute approximate surface area is 233 Å². The predicted molar refractivity (Wildman–Crippen MR) is 153 cm³/mol. The average molecular weight is 565 g/mol. The lowest BCUT2D eigenvalue weighted by Gasteiger charge is -2.31. The van der Waals surface area contributed by atoms with Crippen molar-refractivity contribution >= 4 is 22.7 Å². The Balaban J connectivity index is 0.00000371. The van der Waals surface area contributed by atoms with Gasteiger partial charge in [-0.15, -0.1) is 0 Å². The molecule has 0 heterocycles. The molecule has 10 heteroatoms. The van der Waals surface area contributed by atoms with Crippen LogP contribution in [0.4, 0.5) is 0 Å². The maximum Gasteiger partial charge on any atom is 0.243 e. The first kappa shape index (κ1) is 34.1. The highest BCUT2D eigenvalue weighted by Gasteiger charge is 2.31. The minimum atomic E-state index is -3.74. The smallest absolute Gasteiger partial charge is 0.243 e. The van der Waals surface area contributed by atoms with Crippen molar-refractivity contribution in [1.29, 1.82) is 0 Å².